The van der Waals surface area contributed by atoms with Crippen LogP contribution < -0.4 is 10.1 Å². The number of imidazole rings is 1. The zero-order valence-electron chi connectivity index (χ0n) is 15.4. The molecule has 0 atom stereocenters. The molecule has 2 aromatic rings. The van der Waals surface area contributed by atoms with Gasteiger partial charge in [0.2, 0.25) is 11.8 Å². The number of benzene rings is 1. The van der Waals surface area contributed by atoms with E-state index in [0.717, 1.165) is 42.5 Å². The standard InChI is InChI=1S/C19H24N4O3S/c1-26-16-6-4-5-15(13-16)23-12-9-21-19(23)27-14-17(24)20-8-7-18(25)22-10-2-3-11-22/h4-6,9,12-13H,2-3,7-8,10-11,14H2,1H3,(H,20,24). The summed E-state index contributed by atoms with van der Waals surface area (Å²) in [6.07, 6.45) is 6.07. The zero-order chi connectivity index (χ0) is 19.1. The maximum atomic E-state index is 12.1. The highest BCUT2D eigenvalue weighted by Gasteiger charge is 2.17. The SMILES string of the molecule is COc1cccc(-n2ccnc2SCC(=O)NCCC(=O)N2CCCC2)c1. The molecule has 1 aromatic heterocycles. The number of hydrogen-bond donors (Lipinski definition) is 1. The Morgan fingerprint density at radius 1 is 1.30 bits per heavy atom. The van der Waals surface area contributed by atoms with Gasteiger partial charge in [-0.25, -0.2) is 4.98 Å². The first-order chi connectivity index (χ1) is 13.2. The number of rotatable bonds is 8. The number of hydrogen-bond acceptors (Lipinski definition) is 5. The second-order valence-corrected chi connectivity index (χ2v) is 7.20. The zero-order valence-corrected chi connectivity index (χ0v) is 16.2. The summed E-state index contributed by atoms with van der Waals surface area (Å²) < 4.78 is 7.17. The maximum Gasteiger partial charge on any atom is 0.230 e. The summed E-state index contributed by atoms with van der Waals surface area (Å²) in [4.78, 5) is 30.2. The topological polar surface area (TPSA) is 76.5 Å². The number of aromatic nitrogens is 2. The summed E-state index contributed by atoms with van der Waals surface area (Å²) in [6, 6.07) is 7.66. The molecule has 2 amide bonds. The number of nitrogens with one attached hydrogen (secondary N) is 1. The molecule has 144 valence electrons. The molecule has 1 aliphatic rings. The number of nitrogens with zero attached hydrogens (tertiary/aromatic N) is 3. The summed E-state index contributed by atoms with van der Waals surface area (Å²) in [5.74, 6) is 1.03. The molecule has 0 unspecified atom stereocenters. The third-order valence-electron chi connectivity index (χ3n) is 4.39. The van der Waals surface area contributed by atoms with Gasteiger partial charge in [-0.2, -0.15) is 0 Å². The highest BCUT2D eigenvalue weighted by Crippen LogP contribution is 2.23. The molecule has 0 radical (unpaired) electrons. The minimum Gasteiger partial charge on any atom is -0.497 e. The van der Waals surface area contributed by atoms with Crippen molar-refractivity contribution in [3.63, 3.8) is 0 Å². The van der Waals surface area contributed by atoms with Gasteiger partial charge in [0.15, 0.2) is 5.16 Å². The number of thioether (sulfide) groups is 1. The summed E-state index contributed by atoms with van der Waals surface area (Å²) in [5, 5.41) is 3.54. The van der Waals surface area contributed by atoms with Crippen LogP contribution in [0.4, 0.5) is 0 Å². The molecule has 0 spiro atoms. The van der Waals surface area contributed by atoms with Crippen LogP contribution in [-0.4, -0.2) is 58.8 Å². The van der Waals surface area contributed by atoms with Crippen molar-refractivity contribution in [3.8, 4) is 11.4 Å². The summed E-state index contributed by atoms with van der Waals surface area (Å²) in [6.45, 7) is 2.06. The minimum atomic E-state index is -0.102. The fourth-order valence-electron chi connectivity index (χ4n) is 2.97. The van der Waals surface area contributed by atoms with Gasteiger partial charge in [-0.3, -0.25) is 14.2 Å². The molecule has 27 heavy (non-hydrogen) atoms. The highest BCUT2D eigenvalue weighted by atomic mass is 32.2. The van der Waals surface area contributed by atoms with Crippen molar-refractivity contribution in [1.82, 2.24) is 19.8 Å². The van der Waals surface area contributed by atoms with E-state index in [-0.39, 0.29) is 17.6 Å². The molecule has 0 saturated carbocycles. The van der Waals surface area contributed by atoms with Crippen LogP contribution in [0.3, 0.4) is 0 Å². The van der Waals surface area contributed by atoms with E-state index >= 15 is 0 Å². The van der Waals surface area contributed by atoms with Crippen molar-refractivity contribution in [2.45, 2.75) is 24.4 Å². The van der Waals surface area contributed by atoms with E-state index in [1.807, 2.05) is 39.9 Å². The second-order valence-electron chi connectivity index (χ2n) is 6.26. The molecular formula is C19H24N4O3S. The molecule has 3 rings (SSSR count). The van der Waals surface area contributed by atoms with Crippen molar-refractivity contribution >= 4 is 23.6 Å². The van der Waals surface area contributed by atoms with Crippen LogP contribution in [0.15, 0.2) is 41.8 Å². The van der Waals surface area contributed by atoms with Gasteiger partial charge in [0, 0.05) is 44.5 Å². The smallest absolute Gasteiger partial charge is 0.230 e. The van der Waals surface area contributed by atoms with Crippen LogP contribution in [0.2, 0.25) is 0 Å². The molecule has 1 N–H and O–H groups in total. The van der Waals surface area contributed by atoms with Gasteiger partial charge in [-0.1, -0.05) is 17.8 Å². The molecular weight excluding hydrogens is 364 g/mol. The number of likely N-dealkylation sites (tertiary alicyclic amines) is 1. The summed E-state index contributed by atoms with van der Waals surface area (Å²) in [7, 11) is 1.63. The lowest BCUT2D eigenvalue weighted by Gasteiger charge is -2.15. The molecule has 2 heterocycles. The fourth-order valence-corrected chi connectivity index (χ4v) is 3.77. The van der Waals surface area contributed by atoms with Gasteiger partial charge < -0.3 is 15.0 Å². The van der Waals surface area contributed by atoms with Gasteiger partial charge >= 0.3 is 0 Å². The van der Waals surface area contributed by atoms with Gasteiger partial charge in [-0.15, -0.1) is 0 Å². The van der Waals surface area contributed by atoms with Gasteiger partial charge in [0.05, 0.1) is 18.6 Å². The fraction of sp³-hybridized carbons (Fsp3) is 0.421. The maximum absolute atomic E-state index is 12.1. The van der Waals surface area contributed by atoms with E-state index in [0.29, 0.717) is 13.0 Å². The molecule has 1 aliphatic heterocycles. The average molecular weight is 388 g/mol. The van der Waals surface area contributed by atoms with Crippen LogP contribution in [0.25, 0.3) is 5.69 Å². The van der Waals surface area contributed by atoms with E-state index in [1.54, 1.807) is 13.3 Å². The van der Waals surface area contributed by atoms with E-state index in [9.17, 15) is 9.59 Å². The third kappa shape index (κ3) is 5.26. The van der Waals surface area contributed by atoms with Gasteiger partial charge in [0.25, 0.3) is 0 Å². The molecule has 0 aliphatic carbocycles. The van der Waals surface area contributed by atoms with Crippen molar-refractivity contribution < 1.29 is 14.3 Å². The van der Waals surface area contributed by atoms with Crippen LogP contribution in [0, 0.1) is 0 Å². The summed E-state index contributed by atoms with van der Waals surface area (Å²) in [5.41, 5.74) is 0.922. The molecule has 1 fully saturated rings. The minimum absolute atomic E-state index is 0.102. The van der Waals surface area contributed by atoms with Gasteiger partial charge in [0.1, 0.15) is 5.75 Å². The highest BCUT2D eigenvalue weighted by molar-refractivity contribution is 7.99. The number of carbonyl (C=O) groups is 2. The van der Waals surface area contributed by atoms with Crippen molar-refractivity contribution in [3.05, 3.63) is 36.7 Å². The molecule has 8 heteroatoms. The lowest BCUT2D eigenvalue weighted by atomic mass is 10.3. The molecule has 0 bridgehead atoms. The Bertz CT molecular complexity index is 787. The number of carbonyl (C=O) groups excluding carboxylic acids is 2. The predicted octanol–water partition coefficient (Wildman–Crippen LogP) is 2.10. The Morgan fingerprint density at radius 2 is 2.11 bits per heavy atom. The summed E-state index contributed by atoms with van der Waals surface area (Å²) >= 11 is 1.36. The van der Waals surface area contributed by atoms with Crippen LogP contribution >= 0.6 is 11.8 Å². The monoisotopic (exact) mass is 388 g/mol. The average Bonchev–Trinajstić information content (AvgIpc) is 3.38. The van der Waals surface area contributed by atoms with E-state index < -0.39 is 0 Å². The lowest BCUT2D eigenvalue weighted by Crippen LogP contribution is -2.33. The Kier molecular flexibility index (Phi) is 6.75. The quantitative estimate of drug-likeness (QED) is 0.701. The van der Waals surface area contributed by atoms with Crippen molar-refractivity contribution in [2.75, 3.05) is 32.5 Å². The second kappa shape index (κ2) is 9.45. The number of amides is 2. The predicted molar refractivity (Wildman–Crippen MR) is 104 cm³/mol. The first-order valence-electron chi connectivity index (χ1n) is 9.02. The Labute approximate surface area is 163 Å². The molecule has 1 aromatic carbocycles. The Morgan fingerprint density at radius 3 is 2.89 bits per heavy atom. The van der Waals surface area contributed by atoms with Gasteiger partial charge in [-0.05, 0) is 25.0 Å². The Hall–Kier alpha value is -2.48. The van der Waals surface area contributed by atoms with Crippen molar-refractivity contribution in [2.24, 2.45) is 0 Å². The van der Waals surface area contributed by atoms with Crippen LogP contribution in [0.1, 0.15) is 19.3 Å². The lowest BCUT2D eigenvalue weighted by molar-refractivity contribution is -0.130. The first kappa shape index (κ1) is 19.3. The largest absolute Gasteiger partial charge is 0.497 e. The van der Waals surface area contributed by atoms with E-state index in [4.69, 9.17) is 4.74 Å². The van der Waals surface area contributed by atoms with Crippen LogP contribution in [0.5, 0.6) is 5.75 Å². The third-order valence-corrected chi connectivity index (χ3v) is 5.36. The number of ether oxygens (including phenoxy) is 1. The van der Waals surface area contributed by atoms with Crippen molar-refractivity contribution in [1.29, 1.82) is 0 Å². The van der Waals surface area contributed by atoms with E-state index in [1.165, 1.54) is 11.8 Å². The first-order valence-corrected chi connectivity index (χ1v) is 10.0. The molecule has 7 nitrogen and oxygen atoms in total. The Balaban J connectivity index is 1.46. The van der Waals surface area contributed by atoms with E-state index in [2.05, 4.69) is 10.3 Å². The van der Waals surface area contributed by atoms with Crippen LogP contribution in [-0.2, 0) is 9.59 Å². The normalized spacial score (nSPS) is 13.6. The number of methoxy groups -OCH3 is 1. The molecule has 1 saturated heterocycles.